The average Bonchev–Trinajstić information content (AvgIpc) is 3.57. The normalized spacial score (nSPS) is 26.0. The minimum Gasteiger partial charge on any atom is -0.386 e. The van der Waals surface area contributed by atoms with Gasteiger partial charge in [0.1, 0.15) is 4.21 Å². The lowest BCUT2D eigenvalue weighted by Gasteiger charge is -2.45. The molecule has 3 aliphatic heterocycles. The van der Waals surface area contributed by atoms with Crippen LogP contribution < -0.4 is 4.90 Å². The molecule has 12 heteroatoms. The third kappa shape index (κ3) is 6.05. The first-order valence-corrected chi connectivity index (χ1v) is 16.4. The van der Waals surface area contributed by atoms with Crippen molar-refractivity contribution < 1.29 is 23.0 Å². The maximum Gasteiger partial charge on any atom is 0.252 e. The molecule has 4 atom stereocenters. The highest BCUT2D eigenvalue weighted by atomic mass is 32.2. The number of aliphatic hydroxyl groups is 1. The van der Waals surface area contributed by atoms with Crippen LogP contribution in [0.5, 0.6) is 0 Å². The number of aromatic nitrogens is 2. The number of rotatable bonds is 9. The molecular formula is C29H37N5O5S2. The molecule has 41 heavy (non-hydrogen) atoms. The van der Waals surface area contributed by atoms with Gasteiger partial charge in [0.15, 0.2) is 0 Å². The maximum atomic E-state index is 13.5. The number of anilines is 1. The van der Waals surface area contributed by atoms with E-state index in [2.05, 4.69) is 31.9 Å². The van der Waals surface area contributed by atoms with Crippen LogP contribution in [0.1, 0.15) is 31.4 Å². The molecule has 2 bridgehead atoms. The molecule has 1 aromatic carbocycles. The molecule has 0 amide bonds. The Morgan fingerprint density at radius 1 is 1.10 bits per heavy atom. The Morgan fingerprint density at radius 2 is 1.88 bits per heavy atom. The number of hydrogen-bond donors (Lipinski definition) is 1. The summed E-state index contributed by atoms with van der Waals surface area (Å²) in [6.07, 6.45) is 4.21. The molecular weight excluding hydrogens is 562 g/mol. The van der Waals surface area contributed by atoms with Crippen molar-refractivity contribution >= 4 is 27.3 Å². The zero-order valence-electron chi connectivity index (χ0n) is 23.4. The Balaban J connectivity index is 1.24. The highest BCUT2D eigenvalue weighted by molar-refractivity contribution is 7.91. The van der Waals surface area contributed by atoms with Crippen LogP contribution in [-0.4, -0.2) is 96.3 Å². The van der Waals surface area contributed by atoms with Crippen molar-refractivity contribution in [2.75, 3.05) is 44.3 Å². The van der Waals surface area contributed by atoms with Crippen molar-refractivity contribution in [3.8, 4) is 0 Å². The highest BCUT2D eigenvalue weighted by Gasteiger charge is 2.47. The third-order valence-electron chi connectivity index (χ3n) is 8.29. The number of thiophene rings is 1. The average molecular weight is 600 g/mol. The molecule has 6 rings (SSSR count). The first kappa shape index (κ1) is 28.7. The van der Waals surface area contributed by atoms with E-state index in [1.807, 2.05) is 18.2 Å². The van der Waals surface area contributed by atoms with E-state index in [0.29, 0.717) is 61.7 Å². The molecule has 1 N–H and O–H groups in total. The van der Waals surface area contributed by atoms with Crippen LogP contribution in [0.2, 0.25) is 0 Å². The second-order valence-corrected chi connectivity index (χ2v) is 14.6. The summed E-state index contributed by atoms with van der Waals surface area (Å²) in [6, 6.07) is 13.7. The third-order valence-corrected chi connectivity index (χ3v) is 11.5. The zero-order chi connectivity index (χ0) is 28.6. The Bertz CT molecular complexity index is 1400. The molecule has 0 radical (unpaired) electrons. The molecule has 0 aliphatic carbocycles. The maximum absolute atomic E-state index is 13.5. The number of benzene rings is 1. The molecule has 3 saturated heterocycles. The lowest BCUT2D eigenvalue weighted by molar-refractivity contribution is -0.0519. The summed E-state index contributed by atoms with van der Waals surface area (Å²) in [6.45, 7) is 6.92. The van der Waals surface area contributed by atoms with Gasteiger partial charge in [-0.1, -0.05) is 36.4 Å². The number of ether oxygens (including phenoxy) is 2. The van der Waals surface area contributed by atoms with E-state index in [1.165, 1.54) is 11.3 Å². The van der Waals surface area contributed by atoms with Gasteiger partial charge in [0.05, 0.1) is 43.6 Å². The summed E-state index contributed by atoms with van der Waals surface area (Å²) >= 11 is 1.24. The number of sulfonamides is 1. The predicted molar refractivity (Wildman–Crippen MR) is 156 cm³/mol. The first-order valence-electron chi connectivity index (χ1n) is 14.0. The number of nitrogens with zero attached hydrogens (tertiary/aromatic N) is 5. The van der Waals surface area contributed by atoms with Crippen LogP contribution in [0.3, 0.4) is 0 Å². The van der Waals surface area contributed by atoms with Gasteiger partial charge < -0.3 is 19.5 Å². The van der Waals surface area contributed by atoms with Crippen LogP contribution in [0.15, 0.2) is 64.4 Å². The van der Waals surface area contributed by atoms with Gasteiger partial charge in [-0.2, -0.15) is 4.31 Å². The van der Waals surface area contributed by atoms with Gasteiger partial charge in [0.2, 0.25) is 5.95 Å². The van der Waals surface area contributed by atoms with E-state index in [-0.39, 0.29) is 24.2 Å². The quantitative estimate of drug-likeness (QED) is 0.397. The minimum atomic E-state index is -3.60. The second kappa shape index (κ2) is 11.7. The Hall–Kier alpha value is -2.45. The summed E-state index contributed by atoms with van der Waals surface area (Å²) in [4.78, 5) is 13.8. The molecule has 3 unspecified atom stereocenters. The van der Waals surface area contributed by atoms with Crippen molar-refractivity contribution in [2.45, 2.75) is 60.9 Å². The van der Waals surface area contributed by atoms with E-state index in [1.54, 1.807) is 48.1 Å². The molecule has 0 saturated carbocycles. The van der Waals surface area contributed by atoms with E-state index in [9.17, 15) is 13.5 Å². The lowest BCUT2D eigenvalue weighted by Crippen LogP contribution is -2.61. The Kier molecular flexibility index (Phi) is 8.16. The van der Waals surface area contributed by atoms with Gasteiger partial charge in [0.25, 0.3) is 10.0 Å². The van der Waals surface area contributed by atoms with E-state index in [0.717, 1.165) is 12.0 Å². The number of fused-ring (bicyclic) bond motifs is 2. The van der Waals surface area contributed by atoms with Crippen LogP contribution in [0.4, 0.5) is 5.95 Å². The van der Waals surface area contributed by atoms with E-state index < -0.39 is 15.6 Å². The molecule has 3 aliphatic rings. The van der Waals surface area contributed by atoms with Gasteiger partial charge >= 0.3 is 0 Å². The number of hydrogen-bond acceptors (Lipinski definition) is 10. The molecule has 5 heterocycles. The van der Waals surface area contributed by atoms with Crippen LogP contribution >= 0.6 is 11.3 Å². The molecule has 0 spiro atoms. The van der Waals surface area contributed by atoms with Crippen molar-refractivity contribution in [2.24, 2.45) is 0 Å². The first-order chi connectivity index (χ1) is 19.7. The van der Waals surface area contributed by atoms with Crippen molar-refractivity contribution in [3.63, 3.8) is 0 Å². The van der Waals surface area contributed by atoms with Gasteiger partial charge in [-0.05, 0) is 37.3 Å². The summed E-state index contributed by atoms with van der Waals surface area (Å²) in [7, 11) is -3.60. The van der Waals surface area contributed by atoms with E-state index in [4.69, 9.17) is 9.47 Å². The number of morpholine rings is 1. The SMILES string of the molecule is CC(C)(O)c1cnc(N2CCN(S(=O)(=O)c3cccs3)C[C@@H]2CN2C3COCC2C(OCc2ccccc2)C3)nc1. The molecule has 10 nitrogen and oxygen atoms in total. The fraction of sp³-hybridized carbons (Fsp3) is 0.517. The van der Waals surface area contributed by atoms with Crippen LogP contribution in [0.25, 0.3) is 0 Å². The van der Waals surface area contributed by atoms with Gasteiger partial charge in [-0.15, -0.1) is 11.3 Å². The van der Waals surface area contributed by atoms with Crippen molar-refractivity contribution in [1.29, 1.82) is 0 Å². The van der Waals surface area contributed by atoms with Crippen LogP contribution in [-0.2, 0) is 31.7 Å². The zero-order valence-corrected chi connectivity index (χ0v) is 25.0. The highest BCUT2D eigenvalue weighted by Crippen LogP contribution is 2.34. The summed E-state index contributed by atoms with van der Waals surface area (Å²) in [5.41, 5.74) is 0.718. The van der Waals surface area contributed by atoms with Gasteiger partial charge in [0, 0.05) is 50.2 Å². The molecule has 3 fully saturated rings. The molecule has 3 aromatic rings. The Morgan fingerprint density at radius 3 is 2.59 bits per heavy atom. The van der Waals surface area contributed by atoms with Crippen molar-refractivity contribution in [3.05, 3.63) is 71.4 Å². The predicted octanol–water partition coefficient (Wildman–Crippen LogP) is 2.70. The molecule has 2 aromatic heterocycles. The summed E-state index contributed by atoms with van der Waals surface area (Å²) in [5.74, 6) is 0.536. The standard InChI is InChI=1S/C29H37N5O5S2/c1-29(2,35)22-14-30-28(31-15-22)33-11-10-32(41(36,37)27-9-6-12-40-27)16-24(33)17-34-23-13-26(25(34)20-38-19-23)39-18-21-7-4-3-5-8-21/h3-9,12,14-15,23-26,35H,10-11,13,16-20H2,1-2H3/t23?,24-,25?,26?/m1/s1. The van der Waals surface area contributed by atoms with Crippen LogP contribution in [0, 0.1) is 0 Å². The second-order valence-electron chi connectivity index (χ2n) is 11.5. The summed E-state index contributed by atoms with van der Waals surface area (Å²) < 4.78 is 41.3. The lowest BCUT2D eigenvalue weighted by atomic mass is 10.0. The fourth-order valence-electron chi connectivity index (χ4n) is 6.01. The Labute approximate surface area is 245 Å². The summed E-state index contributed by atoms with van der Waals surface area (Å²) in [5, 5.41) is 12.2. The monoisotopic (exact) mass is 599 g/mol. The smallest absolute Gasteiger partial charge is 0.252 e. The fourth-order valence-corrected chi connectivity index (χ4v) is 8.62. The van der Waals surface area contributed by atoms with Gasteiger partial charge in [-0.25, -0.2) is 18.4 Å². The minimum absolute atomic E-state index is 0.0352. The van der Waals surface area contributed by atoms with Gasteiger partial charge in [-0.3, -0.25) is 4.90 Å². The molecule has 220 valence electrons. The van der Waals surface area contributed by atoms with E-state index >= 15 is 0 Å². The van der Waals surface area contributed by atoms with Crippen molar-refractivity contribution in [1.82, 2.24) is 19.2 Å². The topological polar surface area (TPSA) is 108 Å². The largest absolute Gasteiger partial charge is 0.386 e. The number of piperazine rings is 1.